The molecular formula is C19H31N. The Labute approximate surface area is 125 Å². The molecule has 0 saturated heterocycles. The summed E-state index contributed by atoms with van der Waals surface area (Å²) in [5.74, 6) is 0. The molecule has 0 amide bonds. The van der Waals surface area contributed by atoms with Crippen LogP contribution in [0.5, 0.6) is 0 Å². The van der Waals surface area contributed by atoms with Crippen molar-refractivity contribution in [1.29, 1.82) is 0 Å². The second-order valence-electron chi connectivity index (χ2n) is 7.63. The Morgan fingerprint density at radius 3 is 1.95 bits per heavy atom. The van der Waals surface area contributed by atoms with Crippen molar-refractivity contribution in [2.24, 2.45) is 0 Å². The second kappa shape index (κ2) is 6.58. The zero-order valence-corrected chi connectivity index (χ0v) is 14.3. The summed E-state index contributed by atoms with van der Waals surface area (Å²) in [4.78, 5) is 0. The summed E-state index contributed by atoms with van der Waals surface area (Å²) in [7, 11) is 0. The highest BCUT2D eigenvalue weighted by Crippen LogP contribution is 2.23. The van der Waals surface area contributed by atoms with Gasteiger partial charge in [-0.25, -0.2) is 0 Å². The lowest BCUT2D eigenvalue weighted by molar-refractivity contribution is 0.443. The van der Waals surface area contributed by atoms with Gasteiger partial charge in [-0.1, -0.05) is 63.6 Å². The summed E-state index contributed by atoms with van der Waals surface area (Å²) in [6.45, 7) is 16.6. The van der Waals surface area contributed by atoms with Gasteiger partial charge in [-0.2, -0.15) is 0 Å². The van der Waals surface area contributed by atoms with Crippen LogP contribution in [0, 0.1) is 0 Å². The van der Waals surface area contributed by atoms with Crippen LogP contribution in [-0.2, 0) is 5.41 Å². The van der Waals surface area contributed by atoms with Gasteiger partial charge in [-0.3, -0.25) is 0 Å². The van der Waals surface area contributed by atoms with Crippen LogP contribution in [0.3, 0.4) is 0 Å². The Kier molecular flexibility index (Phi) is 5.59. The summed E-state index contributed by atoms with van der Waals surface area (Å²) in [6, 6.07) is 8.95. The minimum absolute atomic E-state index is 0.171. The predicted molar refractivity (Wildman–Crippen MR) is 91.2 cm³/mol. The molecule has 1 nitrogen and oxygen atoms in total. The Morgan fingerprint density at radius 1 is 1.00 bits per heavy atom. The second-order valence-corrected chi connectivity index (χ2v) is 7.63. The molecule has 0 aliphatic heterocycles. The average Bonchev–Trinajstić information content (AvgIpc) is 2.33. The molecule has 0 spiro atoms. The van der Waals surface area contributed by atoms with Gasteiger partial charge in [0.05, 0.1) is 0 Å². The molecule has 20 heavy (non-hydrogen) atoms. The Balaban J connectivity index is 2.80. The smallest absolute Gasteiger partial charge is 0.0172 e. The maximum atomic E-state index is 3.56. The van der Waals surface area contributed by atoms with E-state index in [1.807, 2.05) is 0 Å². The molecule has 1 N–H and O–H groups in total. The van der Waals surface area contributed by atoms with Crippen molar-refractivity contribution in [2.75, 3.05) is 6.54 Å². The van der Waals surface area contributed by atoms with Crippen LogP contribution in [0.4, 0.5) is 0 Å². The van der Waals surface area contributed by atoms with Gasteiger partial charge >= 0.3 is 0 Å². The molecule has 112 valence electrons. The van der Waals surface area contributed by atoms with Gasteiger partial charge in [0.15, 0.2) is 0 Å². The number of benzene rings is 1. The molecule has 1 heteroatoms. The molecule has 0 bridgehead atoms. The lowest BCUT2D eigenvalue weighted by Gasteiger charge is -2.21. The molecule has 0 heterocycles. The van der Waals surface area contributed by atoms with Crippen LogP contribution in [-0.4, -0.2) is 12.1 Å². The third kappa shape index (κ3) is 5.92. The van der Waals surface area contributed by atoms with Crippen molar-refractivity contribution in [3.63, 3.8) is 0 Å². The number of hydrogen-bond donors (Lipinski definition) is 1. The first-order valence-electron chi connectivity index (χ1n) is 7.67. The predicted octanol–water partition coefficient (Wildman–Crippen LogP) is 5.17. The highest BCUT2D eigenvalue weighted by Gasteiger charge is 2.12. The molecule has 0 unspecified atom stereocenters. The van der Waals surface area contributed by atoms with Crippen molar-refractivity contribution in [2.45, 2.75) is 65.8 Å². The fraction of sp³-hybridized carbons (Fsp3) is 0.579. The monoisotopic (exact) mass is 273 g/mol. The van der Waals surface area contributed by atoms with E-state index in [2.05, 4.69) is 84.1 Å². The van der Waals surface area contributed by atoms with Gasteiger partial charge in [-0.05, 0) is 43.7 Å². The van der Waals surface area contributed by atoms with Gasteiger partial charge in [0.1, 0.15) is 0 Å². The minimum Gasteiger partial charge on any atom is -0.308 e. The van der Waals surface area contributed by atoms with E-state index in [4.69, 9.17) is 0 Å². The fourth-order valence-electron chi connectivity index (χ4n) is 1.97. The van der Waals surface area contributed by atoms with E-state index in [1.54, 1.807) is 0 Å². The largest absolute Gasteiger partial charge is 0.308 e. The highest BCUT2D eigenvalue weighted by molar-refractivity contribution is 5.54. The summed E-state index contributed by atoms with van der Waals surface area (Å²) in [6.07, 6.45) is 3.40. The Morgan fingerprint density at radius 2 is 1.55 bits per heavy atom. The zero-order valence-electron chi connectivity index (χ0n) is 14.3. The summed E-state index contributed by atoms with van der Waals surface area (Å²) < 4.78 is 0. The lowest BCUT2D eigenvalue weighted by atomic mass is 9.86. The molecule has 1 aromatic rings. The number of rotatable bonds is 4. The lowest BCUT2D eigenvalue weighted by Crippen LogP contribution is -2.36. The molecule has 1 aromatic carbocycles. The first-order valence-corrected chi connectivity index (χ1v) is 7.67. The average molecular weight is 273 g/mol. The van der Waals surface area contributed by atoms with Crippen LogP contribution in [0.15, 0.2) is 29.8 Å². The molecule has 0 atom stereocenters. The van der Waals surface area contributed by atoms with Crippen LogP contribution < -0.4 is 5.32 Å². The van der Waals surface area contributed by atoms with Crippen molar-refractivity contribution < 1.29 is 0 Å². The van der Waals surface area contributed by atoms with Crippen LogP contribution in [0.1, 0.15) is 66.0 Å². The molecular weight excluding hydrogens is 242 g/mol. The van der Waals surface area contributed by atoms with Crippen molar-refractivity contribution in [1.82, 2.24) is 5.32 Å². The van der Waals surface area contributed by atoms with Crippen LogP contribution in [0.25, 0.3) is 6.08 Å². The Hall–Kier alpha value is -1.08. The zero-order chi connectivity index (χ0) is 15.4. The third-order valence-electron chi connectivity index (χ3n) is 3.45. The van der Waals surface area contributed by atoms with E-state index < -0.39 is 0 Å². The fourth-order valence-corrected chi connectivity index (χ4v) is 1.97. The third-order valence-corrected chi connectivity index (χ3v) is 3.45. The van der Waals surface area contributed by atoms with Gasteiger partial charge in [0.2, 0.25) is 0 Å². The maximum absolute atomic E-state index is 3.56. The molecule has 0 aromatic heterocycles. The van der Waals surface area contributed by atoms with Gasteiger partial charge in [0.25, 0.3) is 0 Å². The van der Waals surface area contributed by atoms with Crippen LogP contribution in [0.2, 0.25) is 0 Å². The number of hydrogen-bond acceptors (Lipinski definition) is 1. The quantitative estimate of drug-likeness (QED) is 0.798. The first-order chi connectivity index (χ1) is 9.12. The van der Waals surface area contributed by atoms with Gasteiger partial charge < -0.3 is 5.32 Å². The van der Waals surface area contributed by atoms with Crippen molar-refractivity contribution in [3.8, 4) is 0 Å². The molecule has 0 fully saturated rings. The van der Waals surface area contributed by atoms with Crippen molar-refractivity contribution in [3.05, 3.63) is 41.0 Å². The molecule has 1 rings (SSSR count). The maximum Gasteiger partial charge on any atom is 0.0172 e. The van der Waals surface area contributed by atoms with Gasteiger partial charge in [0, 0.05) is 12.1 Å². The summed E-state index contributed by atoms with van der Waals surface area (Å²) in [5, 5.41) is 3.56. The first kappa shape index (κ1) is 17.0. The Bertz CT molecular complexity index is 438. The van der Waals surface area contributed by atoms with Gasteiger partial charge in [-0.15, -0.1) is 0 Å². The topological polar surface area (TPSA) is 12.0 Å². The molecule has 0 saturated carbocycles. The van der Waals surface area contributed by atoms with E-state index in [-0.39, 0.29) is 11.0 Å². The van der Waals surface area contributed by atoms with E-state index >= 15 is 0 Å². The van der Waals surface area contributed by atoms with E-state index in [9.17, 15) is 0 Å². The number of nitrogens with one attached hydrogen (secondary N) is 1. The summed E-state index contributed by atoms with van der Waals surface area (Å²) >= 11 is 0. The highest BCUT2D eigenvalue weighted by atomic mass is 14.9. The van der Waals surface area contributed by atoms with Crippen LogP contribution >= 0.6 is 0 Å². The molecule has 0 aliphatic carbocycles. The standard InChI is InChI=1S/C19H31N/c1-8-15(14-20-19(5,6)7)13-16-9-11-17(12-10-16)18(2,3)4/h9-13,20H,8,14H2,1-7H3. The summed E-state index contributed by atoms with van der Waals surface area (Å²) in [5.41, 5.74) is 4.53. The van der Waals surface area contributed by atoms with E-state index in [1.165, 1.54) is 16.7 Å². The van der Waals surface area contributed by atoms with E-state index in [0.717, 1.165) is 13.0 Å². The normalized spacial score (nSPS) is 13.7. The van der Waals surface area contributed by atoms with E-state index in [0.29, 0.717) is 0 Å². The minimum atomic E-state index is 0.171. The SMILES string of the molecule is CCC(=Cc1ccc(C(C)(C)C)cc1)CNC(C)(C)C. The molecule has 0 aliphatic rings. The molecule has 0 radical (unpaired) electrons. The van der Waals surface area contributed by atoms with Crippen molar-refractivity contribution >= 4 is 6.08 Å².